The summed E-state index contributed by atoms with van der Waals surface area (Å²) in [5, 5.41) is 3.41. The van der Waals surface area contributed by atoms with Crippen LogP contribution in [0.5, 0.6) is 0 Å². The molecular formula is C15H31N3O2S. The van der Waals surface area contributed by atoms with Crippen LogP contribution in [0.25, 0.3) is 0 Å². The van der Waals surface area contributed by atoms with Gasteiger partial charge < -0.3 is 5.32 Å². The molecule has 2 fully saturated rings. The fourth-order valence-corrected chi connectivity index (χ4v) is 4.42. The van der Waals surface area contributed by atoms with E-state index in [0.717, 1.165) is 32.2 Å². The minimum Gasteiger partial charge on any atom is -0.314 e. The van der Waals surface area contributed by atoms with Crippen molar-refractivity contribution < 1.29 is 8.42 Å². The van der Waals surface area contributed by atoms with Crippen LogP contribution in [0.1, 0.15) is 52.4 Å². The first-order valence-corrected chi connectivity index (χ1v) is 9.79. The summed E-state index contributed by atoms with van der Waals surface area (Å²) in [6, 6.07) is 0.786. The van der Waals surface area contributed by atoms with Crippen molar-refractivity contribution >= 4 is 10.2 Å². The summed E-state index contributed by atoms with van der Waals surface area (Å²) in [5.41, 5.74) is 0. The van der Waals surface area contributed by atoms with Gasteiger partial charge >= 0.3 is 0 Å². The van der Waals surface area contributed by atoms with Crippen molar-refractivity contribution in [2.45, 2.75) is 64.5 Å². The second-order valence-corrected chi connectivity index (χ2v) is 8.84. The minimum absolute atomic E-state index is 0.0956. The first kappa shape index (κ1) is 17.2. The Morgan fingerprint density at radius 3 is 2.48 bits per heavy atom. The van der Waals surface area contributed by atoms with Gasteiger partial charge in [-0.3, -0.25) is 0 Å². The lowest BCUT2D eigenvalue weighted by Gasteiger charge is -2.34. The van der Waals surface area contributed by atoms with Crippen LogP contribution in [0.15, 0.2) is 0 Å². The normalized spacial score (nSPS) is 30.8. The van der Waals surface area contributed by atoms with Gasteiger partial charge in [-0.15, -0.1) is 0 Å². The Labute approximate surface area is 130 Å². The van der Waals surface area contributed by atoms with E-state index in [1.165, 1.54) is 17.1 Å². The van der Waals surface area contributed by atoms with Crippen molar-refractivity contribution in [3.8, 4) is 0 Å². The van der Waals surface area contributed by atoms with Crippen LogP contribution in [-0.4, -0.2) is 44.9 Å². The highest BCUT2D eigenvalue weighted by Gasteiger charge is 2.30. The standard InChI is InChI=1S/C15H31N3O2S/c1-12-5-8-15(13(2)11-12)17-21(19,20)18(3)10-4-9-16-14-6-7-14/h12-17H,4-11H2,1-3H3. The molecule has 2 rings (SSSR count). The topological polar surface area (TPSA) is 61.4 Å². The van der Waals surface area contributed by atoms with Gasteiger partial charge in [-0.05, 0) is 56.9 Å². The van der Waals surface area contributed by atoms with Crippen LogP contribution in [0.4, 0.5) is 0 Å². The fourth-order valence-electron chi connectivity index (χ4n) is 3.14. The molecule has 6 heteroatoms. The molecule has 0 spiro atoms. The molecule has 2 aliphatic rings. The summed E-state index contributed by atoms with van der Waals surface area (Å²) in [6.07, 6.45) is 6.60. The average molecular weight is 317 g/mol. The molecule has 0 radical (unpaired) electrons. The molecule has 124 valence electrons. The van der Waals surface area contributed by atoms with Gasteiger partial charge in [0.15, 0.2) is 0 Å². The van der Waals surface area contributed by atoms with E-state index in [-0.39, 0.29) is 6.04 Å². The molecule has 0 aromatic carbocycles. The summed E-state index contributed by atoms with van der Waals surface area (Å²) in [6.45, 7) is 5.89. The third kappa shape index (κ3) is 5.51. The molecule has 2 saturated carbocycles. The molecule has 2 aliphatic carbocycles. The van der Waals surface area contributed by atoms with Crippen LogP contribution in [0.3, 0.4) is 0 Å². The Bertz CT molecular complexity index is 423. The van der Waals surface area contributed by atoms with Crippen molar-refractivity contribution in [2.24, 2.45) is 11.8 Å². The van der Waals surface area contributed by atoms with E-state index in [0.29, 0.717) is 24.4 Å². The summed E-state index contributed by atoms with van der Waals surface area (Å²) in [5.74, 6) is 1.14. The zero-order valence-electron chi connectivity index (χ0n) is 13.6. The Morgan fingerprint density at radius 2 is 1.86 bits per heavy atom. The quantitative estimate of drug-likeness (QED) is 0.670. The van der Waals surface area contributed by atoms with Crippen LogP contribution < -0.4 is 10.0 Å². The molecule has 3 unspecified atom stereocenters. The molecule has 0 aromatic heterocycles. The number of rotatable bonds is 8. The predicted molar refractivity (Wildman–Crippen MR) is 86.3 cm³/mol. The van der Waals surface area contributed by atoms with Crippen molar-refractivity contribution in [2.75, 3.05) is 20.1 Å². The van der Waals surface area contributed by atoms with E-state index < -0.39 is 10.2 Å². The van der Waals surface area contributed by atoms with E-state index in [1.807, 2.05) is 0 Å². The summed E-state index contributed by atoms with van der Waals surface area (Å²) in [7, 11) is -1.66. The molecule has 5 nitrogen and oxygen atoms in total. The van der Waals surface area contributed by atoms with Gasteiger partial charge in [-0.1, -0.05) is 13.8 Å². The summed E-state index contributed by atoms with van der Waals surface area (Å²) in [4.78, 5) is 0. The Balaban J connectivity index is 1.73. The Kier molecular flexibility index (Phi) is 6.05. The maximum Gasteiger partial charge on any atom is 0.279 e. The third-order valence-electron chi connectivity index (χ3n) is 4.80. The molecule has 0 heterocycles. The maximum atomic E-state index is 12.4. The largest absolute Gasteiger partial charge is 0.314 e. The highest BCUT2D eigenvalue weighted by atomic mass is 32.2. The van der Waals surface area contributed by atoms with Gasteiger partial charge in [0, 0.05) is 25.7 Å². The first-order valence-electron chi connectivity index (χ1n) is 8.35. The number of hydrogen-bond acceptors (Lipinski definition) is 3. The summed E-state index contributed by atoms with van der Waals surface area (Å²) >= 11 is 0. The van der Waals surface area contributed by atoms with Crippen LogP contribution in [-0.2, 0) is 10.2 Å². The van der Waals surface area contributed by atoms with Gasteiger partial charge in [0.25, 0.3) is 10.2 Å². The van der Waals surface area contributed by atoms with E-state index in [9.17, 15) is 8.42 Å². The lowest BCUT2D eigenvalue weighted by Crippen LogP contribution is -2.48. The molecule has 0 aliphatic heterocycles. The van der Waals surface area contributed by atoms with Gasteiger partial charge in [-0.25, -0.2) is 0 Å². The monoisotopic (exact) mass is 317 g/mol. The zero-order chi connectivity index (χ0) is 15.5. The molecule has 2 N–H and O–H groups in total. The molecule has 21 heavy (non-hydrogen) atoms. The van der Waals surface area contributed by atoms with E-state index in [1.54, 1.807) is 7.05 Å². The van der Waals surface area contributed by atoms with Crippen LogP contribution in [0.2, 0.25) is 0 Å². The maximum absolute atomic E-state index is 12.4. The Morgan fingerprint density at radius 1 is 1.14 bits per heavy atom. The zero-order valence-corrected chi connectivity index (χ0v) is 14.5. The van der Waals surface area contributed by atoms with Crippen LogP contribution >= 0.6 is 0 Å². The van der Waals surface area contributed by atoms with Gasteiger partial charge in [-0.2, -0.15) is 17.4 Å². The van der Waals surface area contributed by atoms with Gasteiger partial charge in [0.2, 0.25) is 0 Å². The lowest BCUT2D eigenvalue weighted by molar-refractivity contribution is 0.246. The van der Waals surface area contributed by atoms with Crippen molar-refractivity contribution in [1.82, 2.24) is 14.3 Å². The van der Waals surface area contributed by atoms with Crippen molar-refractivity contribution in [1.29, 1.82) is 0 Å². The van der Waals surface area contributed by atoms with Crippen molar-refractivity contribution in [3.05, 3.63) is 0 Å². The molecule has 0 aromatic rings. The second kappa shape index (κ2) is 7.40. The lowest BCUT2D eigenvalue weighted by atomic mass is 9.80. The van der Waals surface area contributed by atoms with E-state index in [2.05, 4.69) is 23.9 Å². The molecular weight excluding hydrogens is 286 g/mol. The SMILES string of the molecule is CC1CCC(NS(=O)(=O)N(C)CCCNC2CC2)C(C)C1. The molecule has 0 saturated heterocycles. The Hall–Kier alpha value is -0.170. The number of nitrogens with zero attached hydrogens (tertiary/aromatic N) is 1. The smallest absolute Gasteiger partial charge is 0.279 e. The van der Waals surface area contributed by atoms with Gasteiger partial charge in [0.1, 0.15) is 0 Å². The van der Waals surface area contributed by atoms with Crippen molar-refractivity contribution in [3.63, 3.8) is 0 Å². The van der Waals surface area contributed by atoms with Crippen LogP contribution in [0, 0.1) is 11.8 Å². The highest BCUT2D eigenvalue weighted by molar-refractivity contribution is 7.87. The highest BCUT2D eigenvalue weighted by Crippen LogP contribution is 2.29. The molecule has 0 amide bonds. The second-order valence-electron chi connectivity index (χ2n) is 7.03. The average Bonchev–Trinajstić information content (AvgIpc) is 3.22. The third-order valence-corrected chi connectivity index (χ3v) is 6.41. The first-order chi connectivity index (χ1) is 9.88. The number of hydrogen-bond donors (Lipinski definition) is 2. The predicted octanol–water partition coefficient (Wildman–Crippen LogP) is 1.72. The molecule has 3 atom stereocenters. The number of nitrogens with one attached hydrogen (secondary N) is 2. The molecule has 0 bridgehead atoms. The summed E-state index contributed by atoms with van der Waals surface area (Å²) < 4.78 is 29.1. The van der Waals surface area contributed by atoms with E-state index >= 15 is 0 Å². The fraction of sp³-hybridized carbons (Fsp3) is 1.00. The minimum atomic E-state index is -3.34. The van der Waals surface area contributed by atoms with Gasteiger partial charge in [0.05, 0.1) is 0 Å². The van der Waals surface area contributed by atoms with E-state index in [4.69, 9.17) is 0 Å².